The van der Waals surface area contributed by atoms with Gasteiger partial charge < -0.3 is 15.0 Å². The van der Waals surface area contributed by atoms with E-state index in [1.165, 1.54) is 11.9 Å². The van der Waals surface area contributed by atoms with Gasteiger partial charge in [-0.2, -0.15) is 0 Å². The SMILES string of the molecule is CC(=O)C[C@@H](C=O)NC(=O)[C@@H]1CCCN2C(=O)CCN(NC(=O)c3cccc(N(C)C)c3)C(=O)N12. The van der Waals surface area contributed by atoms with Gasteiger partial charge in [-0.25, -0.2) is 19.8 Å². The molecule has 1 aromatic carbocycles. The van der Waals surface area contributed by atoms with Crippen LogP contribution >= 0.6 is 0 Å². The summed E-state index contributed by atoms with van der Waals surface area (Å²) < 4.78 is 0. The summed E-state index contributed by atoms with van der Waals surface area (Å²) in [6.45, 7) is 1.47. The highest BCUT2D eigenvalue weighted by Gasteiger charge is 2.44. The number of nitrogens with zero attached hydrogens (tertiary/aromatic N) is 4. The van der Waals surface area contributed by atoms with E-state index >= 15 is 0 Å². The summed E-state index contributed by atoms with van der Waals surface area (Å²) in [5, 5.41) is 5.77. The van der Waals surface area contributed by atoms with Crippen LogP contribution in [0.2, 0.25) is 0 Å². The first-order valence-corrected chi connectivity index (χ1v) is 11.4. The first-order valence-electron chi connectivity index (χ1n) is 11.4. The molecule has 2 N–H and O–H groups in total. The van der Waals surface area contributed by atoms with Gasteiger partial charge in [-0.1, -0.05) is 6.07 Å². The molecule has 0 unspecified atom stereocenters. The fourth-order valence-corrected chi connectivity index (χ4v) is 4.05. The van der Waals surface area contributed by atoms with Gasteiger partial charge in [-0.15, -0.1) is 0 Å². The Kier molecular flexibility index (Phi) is 8.05. The molecule has 188 valence electrons. The van der Waals surface area contributed by atoms with Crippen LogP contribution in [0, 0.1) is 0 Å². The van der Waals surface area contributed by atoms with Gasteiger partial charge in [-0.05, 0) is 38.0 Å². The zero-order valence-corrected chi connectivity index (χ0v) is 20.0. The van der Waals surface area contributed by atoms with Crippen molar-refractivity contribution in [3.63, 3.8) is 0 Å². The Morgan fingerprint density at radius 1 is 1.20 bits per heavy atom. The molecular formula is C23H30N6O6. The minimum atomic E-state index is -1.08. The topological polar surface area (TPSA) is 139 Å². The van der Waals surface area contributed by atoms with Crippen molar-refractivity contribution in [3.05, 3.63) is 29.8 Å². The largest absolute Gasteiger partial charge is 0.378 e. The quantitative estimate of drug-likeness (QED) is 0.497. The van der Waals surface area contributed by atoms with E-state index in [4.69, 9.17) is 0 Å². The van der Waals surface area contributed by atoms with Crippen molar-refractivity contribution < 1.29 is 28.8 Å². The van der Waals surface area contributed by atoms with Crippen LogP contribution in [-0.2, 0) is 19.2 Å². The van der Waals surface area contributed by atoms with Crippen molar-refractivity contribution in [2.45, 2.75) is 44.7 Å². The zero-order chi connectivity index (χ0) is 25.7. The Hall–Kier alpha value is -3.96. The van der Waals surface area contributed by atoms with Gasteiger partial charge in [0, 0.05) is 44.7 Å². The highest BCUT2D eigenvalue weighted by Crippen LogP contribution is 2.24. The fraction of sp³-hybridized carbons (Fsp3) is 0.478. The lowest BCUT2D eigenvalue weighted by Gasteiger charge is -2.43. The van der Waals surface area contributed by atoms with E-state index in [-0.39, 0.29) is 44.0 Å². The number of urea groups is 1. The lowest BCUT2D eigenvalue weighted by Crippen LogP contribution is -2.64. The van der Waals surface area contributed by atoms with Gasteiger partial charge in [-0.3, -0.25) is 24.6 Å². The third kappa shape index (κ3) is 5.94. The molecular weight excluding hydrogens is 456 g/mol. The maximum atomic E-state index is 13.4. The number of hydrogen-bond acceptors (Lipinski definition) is 7. The molecule has 35 heavy (non-hydrogen) atoms. The summed E-state index contributed by atoms with van der Waals surface area (Å²) in [7, 11) is 3.67. The molecule has 2 heterocycles. The number of ketones is 1. The second-order valence-electron chi connectivity index (χ2n) is 8.75. The number of carbonyl (C=O) groups excluding carboxylic acids is 6. The smallest absolute Gasteiger partial charge is 0.358 e. The number of benzene rings is 1. The van der Waals surface area contributed by atoms with Crippen LogP contribution < -0.4 is 15.6 Å². The van der Waals surface area contributed by atoms with Crippen molar-refractivity contribution in [1.82, 2.24) is 25.8 Å². The second-order valence-corrected chi connectivity index (χ2v) is 8.75. The number of anilines is 1. The Labute approximate surface area is 203 Å². The predicted octanol–water partition coefficient (Wildman–Crippen LogP) is 0.0939. The van der Waals surface area contributed by atoms with Crippen molar-refractivity contribution in [1.29, 1.82) is 0 Å². The molecule has 2 atom stereocenters. The summed E-state index contributed by atoms with van der Waals surface area (Å²) in [6.07, 6.45) is 0.960. The molecule has 2 saturated heterocycles. The molecule has 0 aromatic heterocycles. The monoisotopic (exact) mass is 486 g/mol. The molecule has 0 radical (unpaired) electrons. The van der Waals surface area contributed by atoms with E-state index < -0.39 is 29.9 Å². The first-order chi connectivity index (χ1) is 16.6. The van der Waals surface area contributed by atoms with Crippen LogP contribution in [0.4, 0.5) is 10.5 Å². The van der Waals surface area contributed by atoms with E-state index in [1.54, 1.807) is 18.2 Å². The van der Waals surface area contributed by atoms with Crippen LogP contribution in [0.5, 0.6) is 0 Å². The zero-order valence-electron chi connectivity index (χ0n) is 20.0. The molecule has 2 aliphatic rings. The molecule has 2 aliphatic heterocycles. The van der Waals surface area contributed by atoms with Crippen molar-refractivity contribution in [2.75, 3.05) is 32.1 Å². The van der Waals surface area contributed by atoms with E-state index in [0.717, 1.165) is 15.7 Å². The number of aldehydes is 1. The molecule has 0 saturated carbocycles. The number of fused-ring (bicyclic) bond motifs is 1. The number of amides is 5. The maximum Gasteiger partial charge on any atom is 0.358 e. The summed E-state index contributed by atoms with van der Waals surface area (Å²) >= 11 is 0. The van der Waals surface area contributed by atoms with E-state index in [1.807, 2.05) is 25.1 Å². The van der Waals surface area contributed by atoms with E-state index in [2.05, 4.69) is 10.7 Å². The highest BCUT2D eigenvalue weighted by molar-refractivity contribution is 5.97. The number of hydrazine groups is 2. The van der Waals surface area contributed by atoms with Gasteiger partial charge >= 0.3 is 6.03 Å². The van der Waals surface area contributed by atoms with Crippen molar-refractivity contribution in [2.24, 2.45) is 0 Å². The third-order valence-electron chi connectivity index (χ3n) is 5.83. The normalized spacial score (nSPS) is 18.8. The van der Waals surface area contributed by atoms with Crippen LogP contribution in [-0.4, -0.2) is 90.1 Å². The summed E-state index contributed by atoms with van der Waals surface area (Å²) in [6, 6.07) is 3.98. The predicted molar refractivity (Wildman–Crippen MR) is 125 cm³/mol. The molecule has 0 bridgehead atoms. The Bertz CT molecular complexity index is 1030. The van der Waals surface area contributed by atoms with E-state index in [0.29, 0.717) is 18.3 Å². The van der Waals surface area contributed by atoms with Crippen LogP contribution in [0.15, 0.2) is 24.3 Å². The Balaban J connectivity index is 1.81. The molecule has 5 amide bonds. The minimum Gasteiger partial charge on any atom is -0.378 e. The molecule has 0 aliphatic carbocycles. The summed E-state index contributed by atoms with van der Waals surface area (Å²) in [4.78, 5) is 76.6. The Morgan fingerprint density at radius 2 is 1.94 bits per heavy atom. The molecule has 2 fully saturated rings. The van der Waals surface area contributed by atoms with Gasteiger partial charge in [0.05, 0.1) is 12.6 Å². The van der Waals surface area contributed by atoms with Crippen LogP contribution in [0.3, 0.4) is 0 Å². The molecule has 3 rings (SSSR count). The minimum absolute atomic E-state index is 0.0457. The second kappa shape index (κ2) is 11.0. The third-order valence-corrected chi connectivity index (χ3v) is 5.83. The summed E-state index contributed by atoms with van der Waals surface area (Å²) in [5.41, 5.74) is 3.67. The van der Waals surface area contributed by atoms with Crippen molar-refractivity contribution >= 4 is 41.5 Å². The highest BCUT2D eigenvalue weighted by atomic mass is 16.2. The average molecular weight is 487 g/mol. The first kappa shape index (κ1) is 25.7. The number of Topliss-reactive ketones (excluding diaryl/α,β-unsaturated/α-hetero) is 1. The van der Waals surface area contributed by atoms with Crippen LogP contribution in [0.1, 0.15) is 43.0 Å². The number of carbonyl (C=O) groups is 6. The van der Waals surface area contributed by atoms with Gasteiger partial charge in [0.15, 0.2) is 0 Å². The number of hydrogen-bond donors (Lipinski definition) is 2. The van der Waals surface area contributed by atoms with E-state index in [9.17, 15) is 28.8 Å². The molecule has 0 spiro atoms. The van der Waals surface area contributed by atoms with Gasteiger partial charge in [0.2, 0.25) is 11.8 Å². The number of rotatable bonds is 8. The fourth-order valence-electron chi connectivity index (χ4n) is 4.05. The average Bonchev–Trinajstić information content (AvgIpc) is 2.95. The molecule has 1 aromatic rings. The lowest BCUT2D eigenvalue weighted by atomic mass is 10.1. The van der Waals surface area contributed by atoms with Crippen molar-refractivity contribution in [3.8, 4) is 0 Å². The molecule has 12 nitrogen and oxygen atoms in total. The maximum absolute atomic E-state index is 13.4. The van der Waals surface area contributed by atoms with Crippen LogP contribution in [0.25, 0.3) is 0 Å². The van der Waals surface area contributed by atoms with Gasteiger partial charge in [0.25, 0.3) is 5.91 Å². The lowest BCUT2D eigenvalue weighted by molar-refractivity contribution is -0.155. The molecule has 12 heteroatoms. The number of nitrogens with one attached hydrogen (secondary N) is 2. The Morgan fingerprint density at radius 3 is 2.60 bits per heavy atom. The standard InChI is InChI=1S/C23H30N6O6/c1-15(31)12-17(14-30)24-22(34)19-8-5-10-28-20(32)9-11-27(23(35)29(19)28)25-21(33)16-6-4-7-18(13-16)26(2)3/h4,6-7,13-14,17,19H,5,8-12H2,1-3H3,(H,24,34)(H,25,33)/t17-,19-/m0/s1. The van der Waals surface area contributed by atoms with Gasteiger partial charge in [0.1, 0.15) is 18.1 Å². The summed E-state index contributed by atoms with van der Waals surface area (Å²) in [5.74, 6) is -1.83.